The zero-order chi connectivity index (χ0) is 13.1. The van der Waals surface area contributed by atoms with Crippen molar-refractivity contribution in [2.24, 2.45) is 0 Å². The Kier molecular flexibility index (Phi) is 4.84. The number of piperidine rings is 1. The molecule has 0 aromatic heterocycles. The minimum atomic E-state index is -4.15. The van der Waals surface area contributed by atoms with Crippen LogP contribution in [0.25, 0.3) is 0 Å². The molecule has 0 unspecified atom stereocenters. The molecule has 0 radical (unpaired) electrons. The van der Waals surface area contributed by atoms with E-state index in [1.807, 2.05) is 20.8 Å². The number of hydrogen-bond acceptors (Lipinski definition) is 2. The third-order valence-corrected chi connectivity index (χ3v) is 3.64. The maximum absolute atomic E-state index is 13.2. The predicted molar refractivity (Wildman–Crippen MR) is 63.0 cm³/mol. The van der Waals surface area contributed by atoms with Crippen molar-refractivity contribution in [1.82, 2.24) is 10.2 Å². The maximum Gasteiger partial charge on any atom is 0.406 e. The molecule has 0 atom stereocenters. The summed E-state index contributed by atoms with van der Waals surface area (Å²) in [6.45, 7) is 7.42. The first-order chi connectivity index (χ1) is 7.82. The Morgan fingerprint density at radius 2 is 1.76 bits per heavy atom. The standard InChI is InChI=1S/C12H23F3N2/c1-4-7-16-11(12(13,14)15)5-8-17(9-6-11)10(2)3/h10,16H,4-9H2,1-3H3. The van der Waals surface area contributed by atoms with Crippen molar-refractivity contribution in [3.05, 3.63) is 0 Å². The van der Waals surface area contributed by atoms with Gasteiger partial charge in [-0.05, 0) is 39.7 Å². The Morgan fingerprint density at radius 3 is 2.12 bits per heavy atom. The molecule has 0 aliphatic carbocycles. The molecule has 17 heavy (non-hydrogen) atoms. The molecular weight excluding hydrogens is 229 g/mol. The first-order valence-electron chi connectivity index (χ1n) is 6.38. The van der Waals surface area contributed by atoms with Crippen LogP contribution in [0, 0.1) is 0 Å². The van der Waals surface area contributed by atoms with Crippen molar-refractivity contribution < 1.29 is 13.2 Å². The molecule has 1 aliphatic rings. The van der Waals surface area contributed by atoms with E-state index in [1.165, 1.54) is 0 Å². The topological polar surface area (TPSA) is 15.3 Å². The Bertz CT molecular complexity index is 230. The van der Waals surface area contributed by atoms with Crippen molar-refractivity contribution in [2.45, 2.75) is 57.8 Å². The number of nitrogens with zero attached hydrogens (tertiary/aromatic N) is 1. The predicted octanol–water partition coefficient (Wildman–Crippen LogP) is 2.79. The molecule has 102 valence electrons. The van der Waals surface area contributed by atoms with Gasteiger partial charge in [-0.3, -0.25) is 0 Å². The summed E-state index contributed by atoms with van der Waals surface area (Å²) in [5.74, 6) is 0. The monoisotopic (exact) mass is 252 g/mol. The van der Waals surface area contributed by atoms with Gasteiger partial charge in [0.15, 0.2) is 0 Å². The van der Waals surface area contributed by atoms with E-state index >= 15 is 0 Å². The minimum Gasteiger partial charge on any atom is -0.304 e. The Labute approximate surface area is 102 Å². The fraction of sp³-hybridized carbons (Fsp3) is 1.00. The molecule has 0 aromatic rings. The maximum atomic E-state index is 13.2. The van der Waals surface area contributed by atoms with Crippen LogP contribution >= 0.6 is 0 Å². The Morgan fingerprint density at radius 1 is 1.24 bits per heavy atom. The van der Waals surface area contributed by atoms with Crippen LogP contribution in [0.15, 0.2) is 0 Å². The van der Waals surface area contributed by atoms with Crippen molar-refractivity contribution in [2.75, 3.05) is 19.6 Å². The number of rotatable bonds is 4. The van der Waals surface area contributed by atoms with Crippen LogP contribution in [0.5, 0.6) is 0 Å². The highest BCUT2D eigenvalue weighted by Crippen LogP contribution is 2.38. The Hall–Kier alpha value is -0.290. The number of halogens is 3. The molecule has 0 amide bonds. The molecule has 1 fully saturated rings. The van der Waals surface area contributed by atoms with Gasteiger partial charge in [-0.15, -0.1) is 0 Å². The molecule has 1 aliphatic heterocycles. The third kappa shape index (κ3) is 3.35. The zero-order valence-electron chi connectivity index (χ0n) is 10.9. The van der Waals surface area contributed by atoms with Gasteiger partial charge in [-0.2, -0.15) is 13.2 Å². The van der Waals surface area contributed by atoms with Gasteiger partial charge in [0.1, 0.15) is 5.54 Å². The first kappa shape index (κ1) is 14.8. The summed E-state index contributed by atoms with van der Waals surface area (Å²) in [5.41, 5.74) is -1.66. The molecule has 0 aromatic carbocycles. The highest BCUT2D eigenvalue weighted by Gasteiger charge is 2.55. The normalized spacial score (nSPS) is 22.1. The van der Waals surface area contributed by atoms with Crippen LogP contribution < -0.4 is 5.32 Å². The van der Waals surface area contributed by atoms with Gasteiger partial charge in [0.25, 0.3) is 0 Å². The smallest absolute Gasteiger partial charge is 0.304 e. The summed E-state index contributed by atoms with van der Waals surface area (Å²) in [5, 5.41) is 2.73. The van der Waals surface area contributed by atoms with E-state index in [-0.39, 0.29) is 12.8 Å². The van der Waals surface area contributed by atoms with E-state index in [2.05, 4.69) is 10.2 Å². The summed E-state index contributed by atoms with van der Waals surface area (Å²) in [6, 6.07) is 0.326. The minimum absolute atomic E-state index is 0.161. The molecule has 1 saturated heterocycles. The Balaban J connectivity index is 2.69. The second-order valence-electron chi connectivity index (χ2n) is 5.14. The molecule has 0 saturated carbocycles. The lowest BCUT2D eigenvalue weighted by Crippen LogP contribution is -2.62. The van der Waals surface area contributed by atoms with Crippen LogP contribution in [0.4, 0.5) is 13.2 Å². The number of likely N-dealkylation sites (tertiary alicyclic amines) is 1. The summed E-state index contributed by atoms with van der Waals surface area (Å²) in [7, 11) is 0. The molecule has 2 nitrogen and oxygen atoms in total. The lowest BCUT2D eigenvalue weighted by atomic mass is 9.86. The van der Waals surface area contributed by atoms with Crippen molar-refractivity contribution in [3.63, 3.8) is 0 Å². The number of nitrogens with one attached hydrogen (secondary N) is 1. The van der Waals surface area contributed by atoms with E-state index in [1.54, 1.807) is 0 Å². The molecule has 5 heteroatoms. The molecule has 1 heterocycles. The van der Waals surface area contributed by atoms with Gasteiger partial charge in [0.2, 0.25) is 0 Å². The van der Waals surface area contributed by atoms with E-state index in [0.29, 0.717) is 25.7 Å². The molecular formula is C12H23F3N2. The van der Waals surface area contributed by atoms with Crippen LogP contribution in [-0.2, 0) is 0 Å². The second-order valence-corrected chi connectivity index (χ2v) is 5.14. The third-order valence-electron chi connectivity index (χ3n) is 3.64. The number of hydrogen-bond donors (Lipinski definition) is 1. The van der Waals surface area contributed by atoms with Crippen LogP contribution in [0.2, 0.25) is 0 Å². The SMILES string of the molecule is CCCNC1(C(F)(F)F)CCN(C(C)C)CC1. The second kappa shape index (κ2) is 5.57. The fourth-order valence-corrected chi connectivity index (χ4v) is 2.35. The summed E-state index contributed by atoms with van der Waals surface area (Å²) >= 11 is 0. The average molecular weight is 252 g/mol. The number of alkyl halides is 3. The van der Waals surface area contributed by atoms with Crippen LogP contribution in [0.3, 0.4) is 0 Å². The van der Waals surface area contributed by atoms with E-state index in [4.69, 9.17) is 0 Å². The molecule has 1 N–H and O–H groups in total. The van der Waals surface area contributed by atoms with Gasteiger partial charge < -0.3 is 10.2 Å². The summed E-state index contributed by atoms with van der Waals surface area (Å²) in [4.78, 5) is 2.11. The van der Waals surface area contributed by atoms with Gasteiger partial charge in [-0.25, -0.2) is 0 Å². The lowest BCUT2D eigenvalue weighted by Gasteiger charge is -2.44. The molecule has 1 rings (SSSR count). The lowest BCUT2D eigenvalue weighted by molar-refractivity contribution is -0.209. The molecule has 0 spiro atoms. The largest absolute Gasteiger partial charge is 0.406 e. The van der Waals surface area contributed by atoms with Gasteiger partial charge in [0, 0.05) is 19.1 Å². The van der Waals surface area contributed by atoms with Crippen molar-refractivity contribution >= 4 is 0 Å². The summed E-state index contributed by atoms with van der Waals surface area (Å²) in [6.07, 6.45) is -3.10. The zero-order valence-corrected chi connectivity index (χ0v) is 10.9. The first-order valence-corrected chi connectivity index (χ1v) is 6.38. The fourth-order valence-electron chi connectivity index (χ4n) is 2.35. The van der Waals surface area contributed by atoms with Crippen LogP contribution in [-0.4, -0.2) is 42.3 Å². The van der Waals surface area contributed by atoms with E-state index < -0.39 is 11.7 Å². The van der Waals surface area contributed by atoms with Gasteiger partial charge in [-0.1, -0.05) is 6.92 Å². The highest BCUT2D eigenvalue weighted by molar-refractivity contribution is 4.99. The van der Waals surface area contributed by atoms with E-state index in [0.717, 1.165) is 6.42 Å². The van der Waals surface area contributed by atoms with Gasteiger partial charge >= 0.3 is 6.18 Å². The van der Waals surface area contributed by atoms with Crippen LogP contribution in [0.1, 0.15) is 40.0 Å². The average Bonchev–Trinajstić information content (AvgIpc) is 2.25. The molecule has 0 bridgehead atoms. The van der Waals surface area contributed by atoms with Crippen molar-refractivity contribution in [3.8, 4) is 0 Å². The summed E-state index contributed by atoms with van der Waals surface area (Å²) < 4.78 is 39.5. The van der Waals surface area contributed by atoms with Gasteiger partial charge in [0.05, 0.1) is 0 Å². The quantitative estimate of drug-likeness (QED) is 0.827. The highest BCUT2D eigenvalue weighted by atomic mass is 19.4. The van der Waals surface area contributed by atoms with E-state index in [9.17, 15) is 13.2 Å². The van der Waals surface area contributed by atoms with Crippen molar-refractivity contribution in [1.29, 1.82) is 0 Å².